The lowest BCUT2D eigenvalue weighted by Crippen LogP contribution is -2.53. The summed E-state index contributed by atoms with van der Waals surface area (Å²) in [5.74, 6) is -0.194. The van der Waals surface area contributed by atoms with E-state index in [9.17, 15) is 14.0 Å². The molecule has 2 unspecified atom stereocenters. The predicted octanol–water partition coefficient (Wildman–Crippen LogP) is 3.28. The van der Waals surface area contributed by atoms with Crippen molar-refractivity contribution in [2.24, 2.45) is 5.41 Å². The van der Waals surface area contributed by atoms with Crippen molar-refractivity contribution in [3.8, 4) is 0 Å². The molecule has 0 aliphatic carbocycles. The summed E-state index contributed by atoms with van der Waals surface area (Å²) < 4.78 is 13.1. The van der Waals surface area contributed by atoms with Crippen LogP contribution in [0.3, 0.4) is 0 Å². The Morgan fingerprint density at radius 1 is 1.25 bits per heavy atom. The molecule has 132 valence electrons. The van der Waals surface area contributed by atoms with Crippen molar-refractivity contribution >= 4 is 23.6 Å². The summed E-state index contributed by atoms with van der Waals surface area (Å²) in [7, 11) is 0. The third-order valence-electron chi connectivity index (χ3n) is 3.80. The second kappa shape index (κ2) is 7.13. The van der Waals surface area contributed by atoms with Gasteiger partial charge in [-0.25, -0.2) is 4.39 Å². The second-order valence-corrected chi connectivity index (χ2v) is 8.56. The van der Waals surface area contributed by atoms with Gasteiger partial charge in [0.05, 0.1) is 5.37 Å². The summed E-state index contributed by atoms with van der Waals surface area (Å²) in [4.78, 5) is 27.2. The topological polar surface area (TPSA) is 49.4 Å². The molecule has 0 radical (unpaired) electrons. The van der Waals surface area contributed by atoms with Crippen LogP contribution in [0.1, 0.15) is 45.0 Å². The van der Waals surface area contributed by atoms with Crippen LogP contribution >= 0.6 is 11.8 Å². The van der Waals surface area contributed by atoms with Gasteiger partial charge in [-0.05, 0) is 43.5 Å². The molecule has 6 heteroatoms. The van der Waals surface area contributed by atoms with Gasteiger partial charge in [-0.15, -0.1) is 11.8 Å². The third-order valence-corrected chi connectivity index (χ3v) is 5.56. The van der Waals surface area contributed by atoms with Crippen LogP contribution in [0, 0.1) is 11.2 Å². The van der Waals surface area contributed by atoms with E-state index in [1.54, 1.807) is 16.7 Å². The lowest BCUT2D eigenvalue weighted by atomic mass is 9.94. The summed E-state index contributed by atoms with van der Waals surface area (Å²) in [5, 5.41) is 2.78. The Bertz CT molecular complexity index is 610. The van der Waals surface area contributed by atoms with E-state index in [-0.39, 0.29) is 34.5 Å². The predicted molar refractivity (Wildman–Crippen MR) is 95.3 cm³/mol. The van der Waals surface area contributed by atoms with Crippen molar-refractivity contribution in [1.29, 1.82) is 0 Å². The molecule has 1 N–H and O–H groups in total. The molecule has 0 bridgehead atoms. The van der Waals surface area contributed by atoms with E-state index in [2.05, 4.69) is 26.1 Å². The number of hydrogen-bond donors (Lipinski definition) is 1. The Kier molecular flexibility index (Phi) is 5.58. The van der Waals surface area contributed by atoms with Crippen LogP contribution in [0.2, 0.25) is 0 Å². The zero-order chi connectivity index (χ0) is 18.1. The average Bonchev–Trinajstić information content (AvgIpc) is 2.91. The highest BCUT2D eigenvalue weighted by atomic mass is 32.2. The van der Waals surface area contributed by atoms with Crippen LogP contribution in [0.4, 0.5) is 4.39 Å². The van der Waals surface area contributed by atoms with Crippen molar-refractivity contribution in [3.63, 3.8) is 0 Å². The molecule has 1 heterocycles. The van der Waals surface area contributed by atoms with Crippen molar-refractivity contribution in [3.05, 3.63) is 35.6 Å². The van der Waals surface area contributed by atoms with E-state index in [0.29, 0.717) is 11.3 Å². The Hall–Kier alpha value is -1.56. The van der Waals surface area contributed by atoms with E-state index in [4.69, 9.17) is 0 Å². The molecule has 0 saturated carbocycles. The number of thioether (sulfide) groups is 1. The normalized spacial score (nSPS) is 21.2. The summed E-state index contributed by atoms with van der Waals surface area (Å²) in [6.45, 7) is 9.95. The third kappa shape index (κ3) is 4.09. The van der Waals surface area contributed by atoms with Gasteiger partial charge < -0.3 is 10.2 Å². The minimum atomic E-state index is -0.515. The number of carbonyl (C=O) groups excluding carboxylic acids is 2. The summed E-state index contributed by atoms with van der Waals surface area (Å²) in [6.07, 6.45) is 0. The van der Waals surface area contributed by atoms with Crippen LogP contribution < -0.4 is 5.32 Å². The van der Waals surface area contributed by atoms with E-state index >= 15 is 0 Å². The molecular formula is C18H25FN2O2S. The van der Waals surface area contributed by atoms with Crippen LogP contribution in [0.5, 0.6) is 0 Å². The molecule has 0 aromatic heterocycles. The number of nitrogens with zero attached hydrogens (tertiary/aromatic N) is 1. The van der Waals surface area contributed by atoms with Gasteiger partial charge in [0.15, 0.2) is 0 Å². The molecule has 2 atom stereocenters. The Morgan fingerprint density at radius 3 is 2.33 bits per heavy atom. The maximum Gasteiger partial charge on any atom is 0.255 e. The highest BCUT2D eigenvalue weighted by Crippen LogP contribution is 2.41. The zero-order valence-corrected chi connectivity index (χ0v) is 15.6. The fourth-order valence-corrected chi connectivity index (χ4v) is 4.33. The van der Waals surface area contributed by atoms with Crippen LogP contribution in [-0.2, 0) is 4.79 Å². The first-order valence-electron chi connectivity index (χ1n) is 8.11. The molecule has 0 spiro atoms. The van der Waals surface area contributed by atoms with Gasteiger partial charge in [0, 0.05) is 17.4 Å². The average molecular weight is 352 g/mol. The van der Waals surface area contributed by atoms with E-state index < -0.39 is 6.04 Å². The number of rotatable bonds is 3. The van der Waals surface area contributed by atoms with Gasteiger partial charge in [-0.1, -0.05) is 20.8 Å². The van der Waals surface area contributed by atoms with Crippen molar-refractivity contribution in [2.75, 3.05) is 5.75 Å². The van der Waals surface area contributed by atoms with E-state index in [1.165, 1.54) is 24.3 Å². The van der Waals surface area contributed by atoms with Crippen LogP contribution in [0.25, 0.3) is 0 Å². The minimum absolute atomic E-state index is 0.0129. The van der Waals surface area contributed by atoms with Gasteiger partial charge in [-0.3, -0.25) is 9.59 Å². The maximum atomic E-state index is 13.1. The minimum Gasteiger partial charge on any atom is -0.352 e. The van der Waals surface area contributed by atoms with Gasteiger partial charge in [0.1, 0.15) is 11.9 Å². The van der Waals surface area contributed by atoms with Crippen molar-refractivity contribution in [1.82, 2.24) is 10.2 Å². The SMILES string of the molecule is CC(C)NC(=O)C1CSC(C(C)(C)C)N1C(=O)c1ccc(F)cc1. The van der Waals surface area contributed by atoms with E-state index in [1.807, 2.05) is 13.8 Å². The van der Waals surface area contributed by atoms with Gasteiger partial charge in [0.2, 0.25) is 5.91 Å². The maximum absolute atomic E-state index is 13.1. The monoisotopic (exact) mass is 352 g/mol. The number of halogens is 1. The van der Waals surface area contributed by atoms with Gasteiger partial charge in [-0.2, -0.15) is 0 Å². The first-order chi connectivity index (χ1) is 11.1. The standard InChI is InChI=1S/C18H25FN2O2S/c1-11(2)20-15(22)14-10-24-17(18(3,4)5)21(14)16(23)12-6-8-13(19)9-7-12/h6-9,11,14,17H,10H2,1-5H3,(H,20,22). The highest BCUT2D eigenvalue weighted by Gasteiger charge is 2.46. The molecule has 2 amide bonds. The van der Waals surface area contributed by atoms with Crippen molar-refractivity contribution < 1.29 is 14.0 Å². The summed E-state index contributed by atoms with van der Waals surface area (Å²) in [6, 6.07) is 4.98. The molecule has 1 aromatic carbocycles. The van der Waals surface area contributed by atoms with Crippen LogP contribution in [-0.4, -0.2) is 39.9 Å². The molecule has 1 aliphatic rings. The summed E-state index contributed by atoms with van der Waals surface area (Å²) >= 11 is 1.62. The number of benzene rings is 1. The summed E-state index contributed by atoms with van der Waals surface area (Å²) in [5.41, 5.74) is 0.225. The Balaban J connectivity index is 2.34. The first kappa shape index (κ1) is 18.8. The first-order valence-corrected chi connectivity index (χ1v) is 9.16. The van der Waals surface area contributed by atoms with Gasteiger partial charge >= 0.3 is 0 Å². The zero-order valence-electron chi connectivity index (χ0n) is 14.8. The van der Waals surface area contributed by atoms with Crippen molar-refractivity contribution in [2.45, 2.75) is 52.1 Å². The van der Waals surface area contributed by atoms with Crippen LogP contribution in [0.15, 0.2) is 24.3 Å². The molecule has 2 rings (SSSR count). The molecule has 24 heavy (non-hydrogen) atoms. The molecule has 1 saturated heterocycles. The Labute approximate surface area is 147 Å². The molecule has 1 fully saturated rings. The highest BCUT2D eigenvalue weighted by molar-refractivity contribution is 8.00. The quantitative estimate of drug-likeness (QED) is 0.908. The molecule has 4 nitrogen and oxygen atoms in total. The molecule has 1 aliphatic heterocycles. The number of amides is 2. The number of carbonyl (C=O) groups is 2. The molecule has 1 aromatic rings. The number of nitrogens with one attached hydrogen (secondary N) is 1. The lowest BCUT2D eigenvalue weighted by Gasteiger charge is -2.36. The lowest BCUT2D eigenvalue weighted by molar-refractivity contribution is -0.125. The Morgan fingerprint density at radius 2 is 1.83 bits per heavy atom. The number of hydrogen-bond acceptors (Lipinski definition) is 3. The fraction of sp³-hybridized carbons (Fsp3) is 0.556. The fourth-order valence-electron chi connectivity index (χ4n) is 2.75. The van der Waals surface area contributed by atoms with Gasteiger partial charge in [0.25, 0.3) is 5.91 Å². The largest absolute Gasteiger partial charge is 0.352 e. The molecular weight excluding hydrogens is 327 g/mol. The van der Waals surface area contributed by atoms with E-state index in [0.717, 1.165) is 0 Å². The smallest absolute Gasteiger partial charge is 0.255 e. The second-order valence-electron chi connectivity index (χ2n) is 7.45.